The van der Waals surface area contributed by atoms with Crippen LogP contribution in [0.15, 0.2) is 108 Å². The van der Waals surface area contributed by atoms with Gasteiger partial charge in [-0.05, 0) is 60.7 Å². The maximum Gasteiger partial charge on any atom is 0.258 e. The molecule has 3 heterocycles. The van der Waals surface area contributed by atoms with E-state index in [2.05, 4.69) is 32.3 Å². The highest BCUT2D eigenvalue weighted by molar-refractivity contribution is 6.09. The van der Waals surface area contributed by atoms with Crippen LogP contribution in [-0.2, 0) is 4.74 Å². The Morgan fingerprint density at radius 3 is 2.43 bits per heavy atom. The number of carbonyl (C=O) groups is 1. The molecule has 1 fully saturated rings. The smallest absolute Gasteiger partial charge is 0.258 e. The lowest BCUT2D eigenvalue weighted by molar-refractivity contribution is 0.0993. The maximum atomic E-state index is 13.2. The van der Waals surface area contributed by atoms with Crippen molar-refractivity contribution in [1.29, 1.82) is 0 Å². The van der Waals surface area contributed by atoms with Crippen LogP contribution in [0.1, 0.15) is 10.4 Å². The number of furan rings is 1. The summed E-state index contributed by atoms with van der Waals surface area (Å²) in [6.45, 7) is 3.18. The van der Waals surface area contributed by atoms with Gasteiger partial charge in [0, 0.05) is 65.2 Å². The lowest BCUT2D eigenvalue weighted by atomic mass is 10.1. The zero-order chi connectivity index (χ0) is 28.5. The molecule has 1 aliphatic rings. The van der Waals surface area contributed by atoms with Gasteiger partial charge in [-0.2, -0.15) is 0 Å². The molecule has 1 saturated heterocycles. The largest absolute Gasteiger partial charge is 0.455 e. The minimum Gasteiger partial charge on any atom is -0.455 e. The van der Waals surface area contributed by atoms with E-state index in [9.17, 15) is 4.79 Å². The van der Waals surface area contributed by atoms with Crippen LogP contribution in [0.25, 0.3) is 33.2 Å². The molecule has 0 radical (unpaired) electrons. The Bertz CT molecular complexity index is 1880. The van der Waals surface area contributed by atoms with Crippen molar-refractivity contribution in [1.82, 2.24) is 9.97 Å². The Labute approximate surface area is 243 Å². The van der Waals surface area contributed by atoms with E-state index in [4.69, 9.17) is 9.15 Å². The van der Waals surface area contributed by atoms with Crippen molar-refractivity contribution in [2.45, 2.75) is 0 Å². The Balaban J connectivity index is 1.06. The normalized spacial score (nSPS) is 13.4. The molecule has 8 heteroatoms. The zero-order valence-corrected chi connectivity index (χ0v) is 23.2. The van der Waals surface area contributed by atoms with Gasteiger partial charge in [-0.15, -0.1) is 0 Å². The van der Waals surface area contributed by atoms with Gasteiger partial charge in [-0.1, -0.05) is 30.3 Å². The molecular weight excluding hydrogens is 526 g/mol. The number of hydrogen-bond acceptors (Lipinski definition) is 7. The second-order valence-electron chi connectivity index (χ2n) is 10.3. The molecule has 208 valence electrons. The van der Waals surface area contributed by atoms with E-state index in [-0.39, 0.29) is 5.91 Å². The second kappa shape index (κ2) is 11.0. The highest BCUT2D eigenvalue weighted by atomic mass is 16.5. The quantitative estimate of drug-likeness (QED) is 0.239. The molecule has 1 aliphatic heterocycles. The summed E-state index contributed by atoms with van der Waals surface area (Å²) in [4.78, 5) is 26.1. The molecule has 0 bridgehead atoms. The third kappa shape index (κ3) is 4.93. The van der Waals surface area contributed by atoms with E-state index in [1.165, 1.54) is 0 Å². The number of carbonyl (C=O) groups excluding carboxylic acids is 1. The lowest BCUT2D eigenvalue weighted by Gasteiger charge is -2.29. The van der Waals surface area contributed by atoms with E-state index < -0.39 is 0 Å². The minimum atomic E-state index is -0.0653. The van der Waals surface area contributed by atoms with Gasteiger partial charge in [0.1, 0.15) is 23.3 Å². The number of benzene rings is 4. The molecule has 1 N–H and O–H groups in total. The van der Waals surface area contributed by atoms with E-state index >= 15 is 0 Å². The SMILES string of the molecule is CN(C(=O)c1ccc(N2CCOCC2)cc1)c1ccc(Nc2cc(-c3cccc4c3oc3ccccc34)ncn2)cc1. The average Bonchev–Trinajstić information content (AvgIpc) is 3.44. The van der Waals surface area contributed by atoms with Crippen molar-refractivity contribution in [3.8, 4) is 11.3 Å². The molecule has 0 atom stereocenters. The van der Waals surface area contributed by atoms with Crippen molar-refractivity contribution in [3.63, 3.8) is 0 Å². The highest BCUT2D eigenvalue weighted by Gasteiger charge is 2.17. The monoisotopic (exact) mass is 555 g/mol. The van der Waals surface area contributed by atoms with Crippen LogP contribution in [-0.4, -0.2) is 49.2 Å². The Morgan fingerprint density at radius 2 is 1.62 bits per heavy atom. The number of hydrogen-bond donors (Lipinski definition) is 1. The van der Waals surface area contributed by atoms with E-state index in [0.717, 1.165) is 76.6 Å². The molecule has 0 spiro atoms. The molecule has 0 aliphatic carbocycles. The number of ether oxygens (including phenoxy) is 1. The minimum absolute atomic E-state index is 0.0653. The number of aromatic nitrogens is 2. The van der Waals surface area contributed by atoms with Gasteiger partial charge in [0.05, 0.1) is 18.9 Å². The number of amides is 1. The van der Waals surface area contributed by atoms with E-state index in [0.29, 0.717) is 11.4 Å². The number of nitrogens with zero attached hydrogens (tertiary/aromatic N) is 4. The number of para-hydroxylation sites is 2. The first-order valence-electron chi connectivity index (χ1n) is 13.9. The van der Waals surface area contributed by atoms with Crippen molar-refractivity contribution >= 4 is 50.7 Å². The number of nitrogens with one attached hydrogen (secondary N) is 1. The number of anilines is 4. The first-order chi connectivity index (χ1) is 20.6. The van der Waals surface area contributed by atoms with Gasteiger partial charge in [0.25, 0.3) is 5.91 Å². The van der Waals surface area contributed by atoms with Crippen LogP contribution in [0, 0.1) is 0 Å². The maximum absolute atomic E-state index is 13.2. The van der Waals surface area contributed by atoms with Crippen LogP contribution in [0.2, 0.25) is 0 Å². The summed E-state index contributed by atoms with van der Waals surface area (Å²) < 4.78 is 11.6. The van der Waals surface area contributed by atoms with Crippen LogP contribution in [0.3, 0.4) is 0 Å². The van der Waals surface area contributed by atoms with Crippen LogP contribution < -0.4 is 15.1 Å². The van der Waals surface area contributed by atoms with Crippen molar-refractivity contribution < 1.29 is 13.9 Å². The topological polar surface area (TPSA) is 83.7 Å². The standard InChI is InChI=1S/C34H29N5O3/c1-38(34(40)23-9-13-26(14-10-23)39-17-19-41-20-18-39)25-15-11-24(12-16-25)37-32-21-30(35-22-36-32)29-7-4-6-28-27-5-2-3-8-31(27)42-33(28)29/h2-16,21-22H,17-20H2,1H3,(H,35,36,37). The predicted octanol–water partition coefficient (Wildman–Crippen LogP) is 6.90. The van der Waals surface area contributed by atoms with Gasteiger partial charge in [0.15, 0.2) is 0 Å². The fraction of sp³-hybridized carbons (Fsp3) is 0.147. The Morgan fingerprint density at radius 1 is 0.857 bits per heavy atom. The molecule has 6 aromatic rings. The second-order valence-corrected chi connectivity index (χ2v) is 10.3. The fourth-order valence-corrected chi connectivity index (χ4v) is 5.39. The van der Waals surface area contributed by atoms with E-state index in [1.54, 1.807) is 18.3 Å². The molecule has 4 aromatic carbocycles. The summed E-state index contributed by atoms with van der Waals surface area (Å²) in [5, 5.41) is 5.49. The Hall–Kier alpha value is -5.21. The molecule has 42 heavy (non-hydrogen) atoms. The Kier molecular flexibility index (Phi) is 6.73. The first-order valence-corrected chi connectivity index (χ1v) is 13.9. The molecule has 8 nitrogen and oxygen atoms in total. The van der Waals surface area contributed by atoms with Crippen LogP contribution in [0.4, 0.5) is 22.9 Å². The first kappa shape index (κ1) is 25.7. The number of rotatable bonds is 6. The fourth-order valence-electron chi connectivity index (χ4n) is 5.39. The summed E-state index contributed by atoms with van der Waals surface area (Å²) in [5.74, 6) is 0.593. The predicted molar refractivity (Wildman–Crippen MR) is 167 cm³/mol. The summed E-state index contributed by atoms with van der Waals surface area (Å²) in [6, 6.07) is 31.5. The number of fused-ring (bicyclic) bond motifs is 3. The van der Waals surface area contributed by atoms with Crippen LogP contribution in [0.5, 0.6) is 0 Å². The average molecular weight is 556 g/mol. The molecule has 1 amide bonds. The summed E-state index contributed by atoms with van der Waals surface area (Å²) in [6.07, 6.45) is 1.55. The third-order valence-corrected chi connectivity index (χ3v) is 7.67. The summed E-state index contributed by atoms with van der Waals surface area (Å²) in [5.41, 5.74) is 6.71. The van der Waals surface area contributed by atoms with Crippen molar-refractivity contribution in [3.05, 3.63) is 109 Å². The molecule has 7 rings (SSSR count). The number of morpholine rings is 1. The molecule has 2 aromatic heterocycles. The van der Waals surface area contributed by atoms with Crippen molar-refractivity contribution in [2.24, 2.45) is 0 Å². The van der Waals surface area contributed by atoms with Gasteiger partial charge in [-0.25, -0.2) is 9.97 Å². The highest BCUT2D eigenvalue weighted by Crippen LogP contribution is 2.35. The van der Waals surface area contributed by atoms with Crippen LogP contribution >= 0.6 is 0 Å². The van der Waals surface area contributed by atoms with Gasteiger partial charge in [-0.3, -0.25) is 4.79 Å². The summed E-state index contributed by atoms with van der Waals surface area (Å²) >= 11 is 0. The van der Waals surface area contributed by atoms with Gasteiger partial charge in [0.2, 0.25) is 0 Å². The molecule has 0 saturated carbocycles. The molecular formula is C34H29N5O3. The summed E-state index contributed by atoms with van der Waals surface area (Å²) in [7, 11) is 1.79. The molecule has 0 unspecified atom stereocenters. The third-order valence-electron chi connectivity index (χ3n) is 7.67. The van der Waals surface area contributed by atoms with Crippen molar-refractivity contribution in [2.75, 3.05) is 48.5 Å². The lowest BCUT2D eigenvalue weighted by Crippen LogP contribution is -2.36. The van der Waals surface area contributed by atoms with Gasteiger partial charge >= 0.3 is 0 Å². The van der Waals surface area contributed by atoms with Gasteiger partial charge < -0.3 is 24.3 Å². The van der Waals surface area contributed by atoms with E-state index in [1.807, 2.05) is 84.9 Å². The zero-order valence-electron chi connectivity index (χ0n) is 23.2.